The molecule has 190 valence electrons. The topological polar surface area (TPSA) is 94.2 Å². The Kier molecular flexibility index (Phi) is 9.01. The standard InChI is InChI=1S/C26H20Cl2IN3O4S/c1-2-35-21-12-15(11-20(29)24(21)36-14-23(30)33)13-22-25(34)32(19-9-5-17(28)6-10-19)26(37-22)31-18-7-3-16(27)4-8-18/h3-13H,2,14H2,1H3,(H2,30,33)/b22-13-,31-26?. The van der Waals surface area contributed by atoms with Gasteiger partial charge in [-0.25, -0.2) is 4.99 Å². The van der Waals surface area contributed by atoms with E-state index in [1.165, 1.54) is 11.8 Å². The summed E-state index contributed by atoms with van der Waals surface area (Å²) in [5.41, 5.74) is 7.24. The van der Waals surface area contributed by atoms with Crippen molar-refractivity contribution in [1.82, 2.24) is 0 Å². The summed E-state index contributed by atoms with van der Waals surface area (Å²) >= 11 is 15.4. The molecule has 37 heavy (non-hydrogen) atoms. The van der Waals surface area contributed by atoms with Gasteiger partial charge in [-0.1, -0.05) is 23.2 Å². The first-order valence-electron chi connectivity index (χ1n) is 11.0. The molecule has 11 heteroatoms. The molecule has 1 fully saturated rings. The molecule has 0 aliphatic carbocycles. The second kappa shape index (κ2) is 12.2. The van der Waals surface area contributed by atoms with Crippen molar-refractivity contribution in [2.45, 2.75) is 6.92 Å². The average molecular weight is 668 g/mol. The highest BCUT2D eigenvalue weighted by atomic mass is 127. The van der Waals surface area contributed by atoms with E-state index in [-0.39, 0.29) is 12.5 Å². The number of hydrogen-bond acceptors (Lipinski definition) is 6. The van der Waals surface area contributed by atoms with E-state index in [0.29, 0.717) is 53.2 Å². The van der Waals surface area contributed by atoms with Crippen LogP contribution in [-0.4, -0.2) is 30.2 Å². The summed E-state index contributed by atoms with van der Waals surface area (Å²) in [5, 5.41) is 1.64. The maximum absolute atomic E-state index is 13.6. The second-order valence-corrected chi connectivity index (χ2v) is 10.7. The van der Waals surface area contributed by atoms with E-state index < -0.39 is 5.91 Å². The normalized spacial score (nSPS) is 15.5. The van der Waals surface area contributed by atoms with E-state index in [2.05, 4.69) is 22.6 Å². The van der Waals surface area contributed by atoms with Crippen molar-refractivity contribution in [2.75, 3.05) is 18.1 Å². The summed E-state index contributed by atoms with van der Waals surface area (Å²) in [5.74, 6) is 0.0402. The molecule has 0 radical (unpaired) electrons. The van der Waals surface area contributed by atoms with Crippen molar-refractivity contribution in [2.24, 2.45) is 10.7 Å². The van der Waals surface area contributed by atoms with Crippen molar-refractivity contribution >= 4 is 92.0 Å². The Labute approximate surface area is 241 Å². The zero-order valence-corrected chi connectivity index (χ0v) is 23.9. The molecular weight excluding hydrogens is 648 g/mol. The van der Waals surface area contributed by atoms with Crippen molar-refractivity contribution in [1.29, 1.82) is 0 Å². The number of halogens is 3. The van der Waals surface area contributed by atoms with Crippen LogP contribution >= 0.6 is 57.6 Å². The van der Waals surface area contributed by atoms with Crippen LogP contribution in [0, 0.1) is 3.57 Å². The van der Waals surface area contributed by atoms with Crippen LogP contribution in [0.3, 0.4) is 0 Å². The van der Waals surface area contributed by atoms with Crippen LogP contribution in [0.5, 0.6) is 11.5 Å². The maximum atomic E-state index is 13.6. The third-order valence-electron chi connectivity index (χ3n) is 4.93. The van der Waals surface area contributed by atoms with Gasteiger partial charge >= 0.3 is 0 Å². The minimum absolute atomic E-state index is 0.234. The first kappa shape index (κ1) is 27.3. The predicted molar refractivity (Wildman–Crippen MR) is 158 cm³/mol. The Morgan fingerprint density at radius 1 is 1.08 bits per heavy atom. The largest absolute Gasteiger partial charge is 0.490 e. The van der Waals surface area contributed by atoms with Gasteiger partial charge in [-0.05, 0) is 114 Å². The summed E-state index contributed by atoms with van der Waals surface area (Å²) in [6.45, 7) is 1.96. The number of thioether (sulfide) groups is 1. The fourth-order valence-corrected chi connectivity index (χ4v) is 5.40. The molecule has 1 saturated heterocycles. The third-order valence-corrected chi connectivity index (χ3v) is 7.20. The summed E-state index contributed by atoms with van der Waals surface area (Å²) in [6, 6.07) is 17.6. The number of rotatable bonds is 8. The quantitative estimate of drug-likeness (QED) is 0.214. The Morgan fingerprint density at radius 2 is 1.73 bits per heavy atom. The van der Waals surface area contributed by atoms with Gasteiger partial charge in [-0.15, -0.1) is 0 Å². The highest BCUT2D eigenvalue weighted by molar-refractivity contribution is 14.1. The van der Waals surface area contributed by atoms with E-state index in [1.807, 2.05) is 13.0 Å². The van der Waals surface area contributed by atoms with Gasteiger partial charge in [0.05, 0.1) is 26.5 Å². The fraction of sp³-hybridized carbons (Fsp3) is 0.115. The smallest absolute Gasteiger partial charge is 0.271 e. The number of anilines is 1. The SMILES string of the molecule is CCOc1cc(/C=C2\SC(=Nc3ccc(Cl)cc3)N(c3ccc(Cl)cc3)C2=O)cc(I)c1OCC(N)=O. The lowest BCUT2D eigenvalue weighted by atomic mass is 10.1. The van der Waals surface area contributed by atoms with Gasteiger partial charge in [-0.2, -0.15) is 0 Å². The zero-order valence-electron chi connectivity index (χ0n) is 19.4. The average Bonchev–Trinajstić information content (AvgIpc) is 3.15. The Bertz CT molecular complexity index is 1400. The van der Waals surface area contributed by atoms with Crippen molar-refractivity contribution in [3.63, 3.8) is 0 Å². The number of hydrogen-bond donors (Lipinski definition) is 1. The number of carbonyl (C=O) groups excluding carboxylic acids is 2. The van der Waals surface area contributed by atoms with E-state index in [4.69, 9.17) is 43.4 Å². The van der Waals surface area contributed by atoms with Crippen LogP contribution in [-0.2, 0) is 9.59 Å². The number of aliphatic imine (C=N–C) groups is 1. The molecule has 1 heterocycles. The first-order chi connectivity index (χ1) is 17.7. The number of benzene rings is 3. The molecule has 0 atom stereocenters. The monoisotopic (exact) mass is 667 g/mol. The van der Waals surface area contributed by atoms with Crippen LogP contribution < -0.4 is 20.1 Å². The van der Waals surface area contributed by atoms with E-state index >= 15 is 0 Å². The van der Waals surface area contributed by atoms with Crippen LogP contribution in [0.1, 0.15) is 12.5 Å². The van der Waals surface area contributed by atoms with Gasteiger partial charge in [-0.3, -0.25) is 14.5 Å². The zero-order chi connectivity index (χ0) is 26.5. The minimum atomic E-state index is -0.591. The number of ether oxygens (including phenoxy) is 2. The molecule has 7 nitrogen and oxygen atoms in total. The van der Waals surface area contributed by atoms with Crippen LogP contribution in [0.15, 0.2) is 70.6 Å². The van der Waals surface area contributed by atoms with Crippen LogP contribution in [0.2, 0.25) is 10.0 Å². The Balaban J connectivity index is 1.74. The molecular formula is C26H20Cl2IN3O4S. The van der Waals surface area contributed by atoms with Gasteiger partial charge in [0, 0.05) is 10.0 Å². The second-order valence-electron chi connectivity index (χ2n) is 7.62. The lowest BCUT2D eigenvalue weighted by molar-refractivity contribution is -0.120. The molecule has 1 aliphatic rings. The number of nitrogens with zero attached hydrogens (tertiary/aromatic N) is 2. The van der Waals surface area contributed by atoms with Gasteiger partial charge in [0.25, 0.3) is 11.8 Å². The van der Waals surface area contributed by atoms with Crippen molar-refractivity contribution < 1.29 is 19.1 Å². The maximum Gasteiger partial charge on any atom is 0.271 e. The molecule has 0 spiro atoms. The highest BCUT2D eigenvalue weighted by Crippen LogP contribution is 2.40. The fourth-order valence-electron chi connectivity index (χ4n) is 3.36. The number of nitrogens with two attached hydrogens (primary N) is 1. The highest BCUT2D eigenvalue weighted by Gasteiger charge is 2.35. The number of amides is 2. The summed E-state index contributed by atoms with van der Waals surface area (Å²) in [4.78, 5) is 31.5. The number of primary amides is 1. The summed E-state index contributed by atoms with van der Waals surface area (Å²) < 4.78 is 12.0. The molecule has 4 rings (SSSR count). The number of carbonyl (C=O) groups is 2. The van der Waals surface area contributed by atoms with Crippen LogP contribution in [0.4, 0.5) is 11.4 Å². The van der Waals surface area contributed by atoms with Gasteiger partial charge in [0.15, 0.2) is 23.3 Å². The molecule has 1 aliphatic heterocycles. The van der Waals surface area contributed by atoms with Crippen molar-refractivity contribution in [3.8, 4) is 11.5 Å². The van der Waals surface area contributed by atoms with Gasteiger partial charge in [0.2, 0.25) is 0 Å². The Hall–Kier alpha value is -2.73. The van der Waals surface area contributed by atoms with E-state index in [0.717, 1.165) is 5.56 Å². The molecule has 0 aromatic heterocycles. The Morgan fingerprint density at radius 3 is 2.35 bits per heavy atom. The summed E-state index contributed by atoms with van der Waals surface area (Å²) in [7, 11) is 0. The first-order valence-corrected chi connectivity index (χ1v) is 13.6. The summed E-state index contributed by atoms with van der Waals surface area (Å²) in [6.07, 6.45) is 1.77. The van der Waals surface area contributed by atoms with E-state index in [1.54, 1.807) is 65.6 Å². The van der Waals surface area contributed by atoms with Crippen LogP contribution in [0.25, 0.3) is 6.08 Å². The third kappa shape index (κ3) is 6.78. The molecule has 3 aromatic carbocycles. The van der Waals surface area contributed by atoms with E-state index in [9.17, 15) is 9.59 Å². The molecule has 2 amide bonds. The molecule has 0 saturated carbocycles. The molecule has 2 N–H and O–H groups in total. The molecule has 0 unspecified atom stereocenters. The lowest BCUT2D eigenvalue weighted by Gasteiger charge is -2.16. The molecule has 0 bridgehead atoms. The number of amidine groups is 1. The molecule has 3 aromatic rings. The minimum Gasteiger partial charge on any atom is -0.490 e. The van der Waals surface area contributed by atoms with Crippen molar-refractivity contribution in [3.05, 3.63) is 84.7 Å². The van der Waals surface area contributed by atoms with Gasteiger partial charge < -0.3 is 15.2 Å². The lowest BCUT2D eigenvalue weighted by Crippen LogP contribution is -2.28. The van der Waals surface area contributed by atoms with Gasteiger partial charge in [0.1, 0.15) is 0 Å². The predicted octanol–water partition coefficient (Wildman–Crippen LogP) is 6.67.